The van der Waals surface area contributed by atoms with Crippen molar-refractivity contribution in [1.82, 2.24) is 4.98 Å². The minimum atomic E-state index is -0.471. The number of methoxy groups -OCH3 is 1. The van der Waals surface area contributed by atoms with Crippen LogP contribution in [0.2, 0.25) is 0 Å². The number of nitrogen functional groups attached to an aromatic ring is 1. The molecule has 0 atom stereocenters. The zero-order chi connectivity index (χ0) is 13.9. The van der Waals surface area contributed by atoms with Crippen LogP contribution in [0.25, 0.3) is 0 Å². The fraction of sp³-hybridized carbons (Fsp3) is 0.583. The van der Waals surface area contributed by atoms with Crippen molar-refractivity contribution in [3.05, 3.63) is 22.2 Å². The summed E-state index contributed by atoms with van der Waals surface area (Å²) in [4.78, 5) is 14.3. The quantitative estimate of drug-likeness (QED) is 0.576. The highest BCUT2D eigenvalue weighted by Gasteiger charge is 2.41. The first-order valence-corrected chi connectivity index (χ1v) is 6.19. The van der Waals surface area contributed by atoms with Gasteiger partial charge in [0.1, 0.15) is 11.6 Å². The molecule has 7 nitrogen and oxygen atoms in total. The van der Waals surface area contributed by atoms with E-state index in [9.17, 15) is 10.1 Å². The second-order valence-corrected chi connectivity index (χ2v) is 4.99. The van der Waals surface area contributed by atoms with Gasteiger partial charge >= 0.3 is 0 Å². The highest BCUT2D eigenvalue weighted by atomic mass is 16.6. The van der Waals surface area contributed by atoms with Gasteiger partial charge in [-0.25, -0.2) is 4.98 Å². The number of nitrogens with zero attached hydrogens (tertiary/aromatic N) is 2. The van der Waals surface area contributed by atoms with Crippen LogP contribution in [0.1, 0.15) is 19.3 Å². The van der Waals surface area contributed by atoms with Gasteiger partial charge in [-0.05, 0) is 24.7 Å². The van der Waals surface area contributed by atoms with E-state index in [0.29, 0.717) is 5.82 Å². The van der Waals surface area contributed by atoms with Crippen molar-refractivity contribution in [3.63, 3.8) is 0 Å². The number of anilines is 2. The lowest BCUT2D eigenvalue weighted by Crippen LogP contribution is -2.18. The molecule has 0 aliphatic heterocycles. The number of rotatable bonds is 7. The Labute approximate surface area is 111 Å². The molecule has 3 N–H and O–H groups in total. The Balaban J connectivity index is 1.98. The molecule has 1 aliphatic rings. The van der Waals surface area contributed by atoms with Crippen LogP contribution in [0.5, 0.6) is 0 Å². The van der Waals surface area contributed by atoms with Crippen LogP contribution < -0.4 is 11.1 Å². The Morgan fingerprint density at radius 2 is 2.32 bits per heavy atom. The van der Waals surface area contributed by atoms with E-state index in [1.54, 1.807) is 7.11 Å². The predicted molar refractivity (Wildman–Crippen MR) is 72.0 cm³/mol. The summed E-state index contributed by atoms with van der Waals surface area (Å²) in [5, 5.41) is 13.9. The number of pyridine rings is 1. The lowest BCUT2D eigenvalue weighted by molar-refractivity contribution is -0.384. The van der Waals surface area contributed by atoms with Crippen LogP contribution >= 0.6 is 0 Å². The van der Waals surface area contributed by atoms with Crippen molar-refractivity contribution >= 4 is 17.3 Å². The maximum Gasteiger partial charge on any atom is 0.276 e. The van der Waals surface area contributed by atoms with E-state index >= 15 is 0 Å². The number of hydrogen-bond donors (Lipinski definition) is 2. The first kappa shape index (κ1) is 13.5. The summed E-state index contributed by atoms with van der Waals surface area (Å²) in [7, 11) is 1.69. The highest BCUT2D eigenvalue weighted by molar-refractivity contribution is 5.52. The molecule has 1 saturated carbocycles. The van der Waals surface area contributed by atoms with Crippen molar-refractivity contribution in [2.45, 2.75) is 19.3 Å². The van der Waals surface area contributed by atoms with Crippen molar-refractivity contribution in [3.8, 4) is 0 Å². The minimum absolute atomic E-state index is 0.0447. The van der Waals surface area contributed by atoms with Crippen LogP contribution in [-0.2, 0) is 4.74 Å². The number of nitrogens with one attached hydrogen (secondary N) is 1. The van der Waals surface area contributed by atoms with E-state index in [1.165, 1.54) is 12.1 Å². The fourth-order valence-electron chi connectivity index (χ4n) is 2.02. The van der Waals surface area contributed by atoms with Gasteiger partial charge in [-0.1, -0.05) is 0 Å². The van der Waals surface area contributed by atoms with Crippen LogP contribution in [-0.4, -0.2) is 30.2 Å². The zero-order valence-electron chi connectivity index (χ0n) is 10.9. The minimum Gasteiger partial charge on any atom is -0.385 e. The van der Waals surface area contributed by atoms with Crippen LogP contribution in [0.15, 0.2) is 12.1 Å². The Kier molecular flexibility index (Phi) is 3.84. The van der Waals surface area contributed by atoms with Gasteiger partial charge in [0.05, 0.1) is 17.1 Å². The molecule has 0 unspecified atom stereocenters. The molecule has 0 saturated heterocycles. The second kappa shape index (κ2) is 5.40. The summed E-state index contributed by atoms with van der Waals surface area (Å²) in [6.45, 7) is 1.47. The molecular weight excluding hydrogens is 248 g/mol. The molecule has 0 amide bonds. The van der Waals surface area contributed by atoms with Crippen molar-refractivity contribution in [2.24, 2.45) is 5.41 Å². The summed E-state index contributed by atoms with van der Waals surface area (Å²) < 4.78 is 5.09. The predicted octanol–water partition coefficient (Wildman–Crippen LogP) is 1.80. The number of nitro groups is 1. The van der Waals surface area contributed by atoms with Gasteiger partial charge in [-0.3, -0.25) is 10.1 Å². The van der Waals surface area contributed by atoms with Gasteiger partial charge in [-0.15, -0.1) is 0 Å². The van der Waals surface area contributed by atoms with Gasteiger partial charge in [0.2, 0.25) is 0 Å². The number of nitrogens with two attached hydrogens (primary N) is 1. The van der Waals surface area contributed by atoms with Gasteiger partial charge < -0.3 is 15.8 Å². The smallest absolute Gasteiger partial charge is 0.276 e. The van der Waals surface area contributed by atoms with E-state index in [4.69, 9.17) is 10.5 Å². The first-order chi connectivity index (χ1) is 9.04. The molecule has 1 aliphatic carbocycles. The first-order valence-electron chi connectivity index (χ1n) is 6.19. The Morgan fingerprint density at radius 1 is 1.58 bits per heavy atom. The maximum absolute atomic E-state index is 10.7. The standard InChI is InChI=1S/C12H18N4O3/c1-19-5-4-12(2-3-12)8-14-11-7-9(16(17)18)6-10(13)15-11/h6-7H,2-5,8H2,1H3,(H3,13,14,15). The molecule has 19 heavy (non-hydrogen) atoms. The Morgan fingerprint density at radius 3 is 2.89 bits per heavy atom. The Hall–Kier alpha value is -1.89. The molecule has 1 heterocycles. The third-order valence-electron chi connectivity index (χ3n) is 3.48. The van der Waals surface area contributed by atoms with Gasteiger partial charge in [-0.2, -0.15) is 0 Å². The molecule has 0 radical (unpaired) electrons. The Bertz CT molecular complexity index is 474. The van der Waals surface area contributed by atoms with Gasteiger partial charge in [0, 0.05) is 20.3 Å². The molecule has 1 aromatic heterocycles. The highest BCUT2D eigenvalue weighted by Crippen LogP contribution is 2.48. The lowest BCUT2D eigenvalue weighted by Gasteiger charge is -2.15. The fourth-order valence-corrected chi connectivity index (χ4v) is 2.02. The average Bonchev–Trinajstić information content (AvgIpc) is 3.14. The van der Waals surface area contributed by atoms with E-state index < -0.39 is 4.92 Å². The van der Waals surface area contributed by atoms with Crippen LogP contribution in [0, 0.1) is 15.5 Å². The summed E-state index contributed by atoms with van der Waals surface area (Å²) in [5.74, 6) is 0.605. The largest absolute Gasteiger partial charge is 0.385 e. The van der Waals surface area contributed by atoms with Crippen molar-refractivity contribution in [2.75, 3.05) is 31.3 Å². The second-order valence-electron chi connectivity index (χ2n) is 4.99. The monoisotopic (exact) mass is 266 g/mol. The molecule has 0 aromatic carbocycles. The van der Waals surface area contributed by atoms with Gasteiger partial charge in [0.15, 0.2) is 0 Å². The van der Waals surface area contributed by atoms with Gasteiger partial charge in [0.25, 0.3) is 5.69 Å². The summed E-state index contributed by atoms with van der Waals surface area (Å²) in [6, 6.07) is 2.66. The normalized spacial score (nSPS) is 16.1. The molecule has 0 spiro atoms. The summed E-state index contributed by atoms with van der Waals surface area (Å²) in [5.41, 5.74) is 5.76. The third kappa shape index (κ3) is 3.54. The third-order valence-corrected chi connectivity index (χ3v) is 3.48. The molecule has 104 valence electrons. The number of ether oxygens (including phenoxy) is 1. The average molecular weight is 266 g/mol. The molecule has 2 rings (SSSR count). The summed E-state index contributed by atoms with van der Waals surface area (Å²) in [6.07, 6.45) is 3.28. The SMILES string of the molecule is COCCC1(CNc2cc([N+](=O)[O-])cc(N)n2)CC1. The van der Waals surface area contributed by atoms with E-state index in [1.807, 2.05) is 0 Å². The summed E-state index contributed by atoms with van der Waals surface area (Å²) >= 11 is 0. The molecule has 1 aromatic rings. The lowest BCUT2D eigenvalue weighted by atomic mass is 10.0. The molecular formula is C12H18N4O3. The van der Waals surface area contributed by atoms with Crippen molar-refractivity contribution < 1.29 is 9.66 Å². The van der Waals surface area contributed by atoms with Crippen LogP contribution in [0.4, 0.5) is 17.3 Å². The zero-order valence-corrected chi connectivity index (χ0v) is 10.9. The number of aromatic nitrogens is 1. The van der Waals surface area contributed by atoms with E-state index in [0.717, 1.165) is 32.4 Å². The topological polar surface area (TPSA) is 103 Å². The van der Waals surface area contributed by atoms with E-state index in [2.05, 4.69) is 10.3 Å². The molecule has 0 bridgehead atoms. The number of hydrogen-bond acceptors (Lipinski definition) is 6. The van der Waals surface area contributed by atoms with Crippen molar-refractivity contribution in [1.29, 1.82) is 0 Å². The van der Waals surface area contributed by atoms with Crippen LogP contribution in [0.3, 0.4) is 0 Å². The molecule has 1 fully saturated rings. The maximum atomic E-state index is 10.7. The molecule has 7 heteroatoms. The van der Waals surface area contributed by atoms with E-state index in [-0.39, 0.29) is 16.9 Å².